The zero-order chi connectivity index (χ0) is 32.4. The SMILES string of the molecule is CCNCc1c(C)sc(C)c1CN(CC)Cc1c(C)sc(C)c1CNCC.O=[N+]([O-])c1cc([N+](=O)[O-])c(O)c([N+](=O)[O-])c1. The fourth-order valence-corrected chi connectivity index (χ4v) is 6.81. The Bertz CT molecular complexity index is 1360. The fraction of sp³-hybridized carbons (Fsp3) is 0.500. The third kappa shape index (κ3) is 9.24. The van der Waals surface area contributed by atoms with Gasteiger partial charge in [0, 0.05) is 45.7 Å². The lowest BCUT2D eigenvalue weighted by Crippen LogP contribution is -2.25. The molecule has 2 heterocycles. The molecule has 2 aromatic heterocycles. The first kappa shape index (κ1) is 35.7. The summed E-state index contributed by atoms with van der Waals surface area (Å²) in [5.41, 5.74) is 3.11. The number of phenolic OH excluding ortho intramolecular Hbond substituents is 1. The van der Waals surface area contributed by atoms with Crippen molar-refractivity contribution in [3.05, 3.63) is 84.2 Å². The molecule has 3 aromatic rings. The molecule has 0 spiro atoms. The Morgan fingerprint density at radius 3 is 1.37 bits per heavy atom. The molecule has 0 saturated heterocycles. The number of thiophene rings is 2. The van der Waals surface area contributed by atoms with Gasteiger partial charge in [0.25, 0.3) is 11.4 Å². The second-order valence-electron chi connectivity index (χ2n) is 9.81. The van der Waals surface area contributed by atoms with Crippen LogP contribution in [-0.4, -0.2) is 44.4 Å². The van der Waals surface area contributed by atoms with Crippen LogP contribution < -0.4 is 10.6 Å². The Balaban J connectivity index is 0.000000344. The number of rotatable bonds is 14. The van der Waals surface area contributed by atoms with E-state index in [9.17, 15) is 30.3 Å². The second-order valence-corrected chi connectivity index (χ2v) is 12.7. The van der Waals surface area contributed by atoms with Gasteiger partial charge in [-0.15, -0.1) is 22.7 Å². The van der Waals surface area contributed by atoms with Gasteiger partial charge in [0.2, 0.25) is 0 Å². The molecule has 3 rings (SSSR count). The highest BCUT2D eigenvalue weighted by Gasteiger charge is 2.30. The summed E-state index contributed by atoms with van der Waals surface area (Å²) in [7, 11) is 0. The molecule has 0 aliphatic heterocycles. The van der Waals surface area contributed by atoms with E-state index < -0.39 is 37.6 Å². The lowest BCUT2D eigenvalue weighted by molar-refractivity contribution is -0.404. The van der Waals surface area contributed by atoms with Crippen LogP contribution in [0.5, 0.6) is 5.75 Å². The van der Waals surface area contributed by atoms with Crippen LogP contribution in [0.25, 0.3) is 0 Å². The van der Waals surface area contributed by atoms with E-state index in [2.05, 4.69) is 64.0 Å². The van der Waals surface area contributed by atoms with Crippen LogP contribution in [0.4, 0.5) is 17.1 Å². The van der Waals surface area contributed by atoms with Gasteiger partial charge >= 0.3 is 11.4 Å². The first-order valence-corrected chi connectivity index (χ1v) is 15.5. The van der Waals surface area contributed by atoms with Crippen LogP contribution in [0.1, 0.15) is 62.5 Å². The van der Waals surface area contributed by atoms with Gasteiger partial charge in [-0.25, -0.2) is 0 Å². The van der Waals surface area contributed by atoms with E-state index in [0.717, 1.165) is 45.8 Å². The largest absolute Gasteiger partial charge is 0.497 e. The van der Waals surface area contributed by atoms with Gasteiger partial charge in [-0.3, -0.25) is 35.2 Å². The number of hydrogen-bond acceptors (Lipinski definition) is 12. The van der Waals surface area contributed by atoms with E-state index in [-0.39, 0.29) is 0 Å². The minimum absolute atomic E-state index is 0.447. The zero-order valence-corrected chi connectivity index (χ0v) is 27.2. The predicted octanol–water partition coefficient (Wildman–Crippen LogP) is 6.40. The van der Waals surface area contributed by atoms with Gasteiger partial charge in [0.1, 0.15) is 0 Å². The number of benzene rings is 1. The Hall–Kier alpha value is -3.50. The van der Waals surface area contributed by atoms with Crippen molar-refractivity contribution >= 4 is 39.7 Å². The quantitative estimate of drug-likeness (QED) is 0.132. The Morgan fingerprint density at radius 1 is 0.698 bits per heavy atom. The maximum Gasteiger partial charge on any atom is 0.324 e. The van der Waals surface area contributed by atoms with Crippen LogP contribution in [0.3, 0.4) is 0 Å². The molecular formula is C28H40N6O7S2. The molecule has 0 aliphatic rings. The monoisotopic (exact) mass is 636 g/mol. The average Bonchev–Trinajstić information content (AvgIpc) is 3.36. The number of non-ortho nitro benzene ring substituents is 1. The summed E-state index contributed by atoms with van der Waals surface area (Å²) < 4.78 is 0. The first-order chi connectivity index (χ1) is 20.3. The fourth-order valence-electron chi connectivity index (χ4n) is 4.63. The maximum atomic E-state index is 10.4. The summed E-state index contributed by atoms with van der Waals surface area (Å²) in [6.07, 6.45) is 0. The van der Waals surface area contributed by atoms with Crippen molar-refractivity contribution in [2.45, 2.75) is 74.6 Å². The van der Waals surface area contributed by atoms with E-state index >= 15 is 0 Å². The van der Waals surface area contributed by atoms with Gasteiger partial charge in [0.15, 0.2) is 0 Å². The summed E-state index contributed by atoms with van der Waals surface area (Å²) in [4.78, 5) is 36.3. The molecule has 0 aliphatic carbocycles. The highest BCUT2D eigenvalue weighted by molar-refractivity contribution is 7.12. The highest BCUT2D eigenvalue weighted by atomic mass is 32.1. The molecule has 0 radical (unpaired) electrons. The van der Waals surface area contributed by atoms with Crippen LogP contribution >= 0.6 is 22.7 Å². The number of nitro groups is 3. The summed E-state index contributed by atoms with van der Waals surface area (Å²) in [6, 6.07) is 0.894. The standard InChI is InChI=1S/C22H37N3S2.C6H3N3O7/c1-8-23-11-19-15(4)26-17(6)21(19)13-25(10-3)14-22-18(7)27-16(5)20(22)12-24-9-2;10-6-4(8(13)14)1-3(7(11)12)2-5(6)9(15)16/h23-24H,8-14H2,1-7H3;1-2,10H. The van der Waals surface area contributed by atoms with E-state index in [1.807, 2.05) is 22.7 Å². The van der Waals surface area contributed by atoms with Crippen molar-refractivity contribution in [1.29, 1.82) is 0 Å². The Kier molecular flexibility index (Phi) is 13.6. The zero-order valence-electron chi connectivity index (χ0n) is 25.6. The van der Waals surface area contributed by atoms with Gasteiger partial charge in [-0.2, -0.15) is 0 Å². The summed E-state index contributed by atoms with van der Waals surface area (Å²) in [6.45, 7) is 22.9. The Labute approximate surface area is 259 Å². The van der Waals surface area contributed by atoms with Gasteiger partial charge in [-0.1, -0.05) is 20.8 Å². The lowest BCUT2D eigenvalue weighted by atomic mass is 10.1. The molecule has 0 fully saturated rings. The van der Waals surface area contributed by atoms with Crippen LogP contribution in [-0.2, 0) is 26.2 Å². The smallest absolute Gasteiger partial charge is 0.324 e. The van der Waals surface area contributed by atoms with Crippen molar-refractivity contribution < 1.29 is 19.9 Å². The van der Waals surface area contributed by atoms with E-state index in [0.29, 0.717) is 12.1 Å². The second kappa shape index (κ2) is 16.4. The molecule has 0 amide bonds. The maximum absolute atomic E-state index is 10.4. The van der Waals surface area contributed by atoms with Crippen LogP contribution in [0.2, 0.25) is 0 Å². The molecule has 43 heavy (non-hydrogen) atoms. The third-order valence-corrected chi connectivity index (χ3v) is 9.22. The van der Waals surface area contributed by atoms with Crippen molar-refractivity contribution in [3.63, 3.8) is 0 Å². The molecule has 1 aromatic carbocycles. The minimum atomic E-state index is -1.21. The van der Waals surface area contributed by atoms with Crippen LogP contribution in [0, 0.1) is 58.0 Å². The van der Waals surface area contributed by atoms with Crippen molar-refractivity contribution in [2.75, 3.05) is 19.6 Å². The topological polar surface area (TPSA) is 177 Å². The van der Waals surface area contributed by atoms with Crippen molar-refractivity contribution in [2.24, 2.45) is 0 Å². The van der Waals surface area contributed by atoms with E-state index in [1.165, 1.54) is 41.8 Å². The number of phenols is 1. The molecule has 0 atom stereocenters. The molecule has 236 valence electrons. The number of hydrogen-bond donors (Lipinski definition) is 3. The first-order valence-electron chi connectivity index (χ1n) is 13.9. The molecule has 0 bridgehead atoms. The molecule has 15 heteroatoms. The van der Waals surface area contributed by atoms with Gasteiger partial charge in [0.05, 0.1) is 26.9 Å². The predicted molar refractivity (Wildman–Crippen MR) is 170 cm³/mol. The lowest BCUT2D eigenvalue weighted by Gasteiger charge is -2.23. The summed E-state index contributed by atoms with van der Waals surface area (Å²) in [5.74, 6) is -1.21. The molecule has 13 nitrogen and oxygen atoms in total. The number of nitrogens with one attached hydrogen (secondary N) is 2. The number of aryl methyl sites for hydroxylation is 4. The third-order valence-electron chi connectivity index (χ3n) is 7.01. The number of nitrogens with zero attached hydrogens (tertiary/aromatic N) is 4. The van der Waals surface area contributed by atoms with Gasteiger partial charge < -0.3 is 15.7 Å². The Morgan fingerprint density at radius 2 is 1.07 bits per heavy atom. The number of nitro benzene ring substituents is 3. The van der Waals surface area contributed by atoms with Crippen LogP contribution in [0.15, 0.2) is 12.1 Å². The molecular weight excluding hydrogens is 596 g/mol. The van der Waals surface area contributed by atoms with Gasteiger partial charge in [-0.05, 0) is 69.6 Å². The minimum Gasteiger partial charge on any atom is -0.497 e. The molecule has 0 saturated carbocycles. The molecule has 3 N–H and O–H groups in total. The van der Waals surface area contributed by atoms with E-state index in [1.54, 1.807) is 0 Å². The molecule has 0 unspecified atom stereocenters. The van der Waals surface area contributed by atoms with Crippen molar-refractivity contribution in [1.82, 2.24) is 15.5 Å². The summed E-state index contributed by atoms with van der Waals surface area (Å²) >= 11 is 3.90. The highest BCUT2D eigenvalue weighted by Crippen LogP contribution is 2.39. The van der Waals surface area contributed by atoms with Crippen molar-refractivity contribution in [3.8, 4) is 5.75 Å². The number of aromatic hydroxyl groups is 1. The van der Waals surface area contributed by atoms with E-state index in [4.69, 9.17) is 5.11 Å². The normalized spacial score (nSPS) is 11.0. The average molecular weight is 637 g/mol. The summed E-state index contributed by atoms with van der Waals surface area (Å²) in [5, 5.41) is 47.3.